The zero-order valence-electron chi connectivity index (χ0n) is 18.7. The molecular formula is C24H29F3N2O3. The highest BCUT2D eigenvalue weighted by molar-refractivity contribution is 6.06. The number of benzene rings is 2. The number of alkyl halides is 3. The minimum atomic E-state index is -4.61. The molecule has 0 radical (unpaired) electrons. The van der Waals surface area contributed by atoms with Crippen molar-refractivity contribution in [1.82, 2.24) is 4.90 Å². The first-order valence-corrected chi connectivity index (χ1v) is 10.5. The first-order valence-electron chi connectivity index (χ1n) is 10.5. The van der Waals surface area contributed by atoms with Crippen LogP contribution in [-0.4, -0.2) is 43.8 Å². The summed E-state index contributed by atoms with van der Waals surface area (Å²) in [7, 11) is 3.69. The van der Waals surface area contributed by atoms with Gasteiger partial charge in [0.1, 0.15) is 29.7 Å². The van der Waals surface area contributed by atoms with Crippen LogP contribution in [0.5, 0.6) is 0 Å². The van der Waals surface area contributed by atoms with E-state index in [1.54, 1.807) is 6.07 Å². The van der Waals surface area contributed by atoms with Crippen molar-refractivity contribution in [1.29, 1.82) is 0 Å². The Labute approximate surface area is 185 Å². The van der Waals surface area contributed by atoms with Crippen LogP contribution in [0.3, 0.4) is 0 Å². The Morgan fingerprint density at radius 3 is 2.47 bits per heavy atom. The lowest BCUT2D eigenvalue weighted by Crippen LogP contribution is -2.36. The maximum atomic E-state index is 14.0. The Kier molecular flexibility index (Phi) is 7.15. The number of furan rings is 1. The van der Waals surface area contributed by atoms with E-state index in [4.69, 9.17) is 14.9 Å². The smallest absolute Gasteiger partial charge is 0.399 e. The van der Waals surface area contributed by atoms with E-state index in [-0.39, 0.29) is 11.5 Å². The summed E-state index contributed by atoms with van der Waals surface area (Å²) in [6.45, 7) is 3.35. The fraction of sp³-hybridized carbons (Fsp3) is 0.458. The molecule has 2 atom stereocenters. The molecule has 8 heteroatoms. The monoisotopic (exact) mass is 450 g/mol. The van der Waals surface area contributed by atoms with E-state index in [0.29, 0.717) is 29.7 Å². The molecule has 0 saturated carbocycles. The number of hydrogen-bond donors (Lipinski definition) is 1. The quantitative estimate of drug-likeness (QED) is 0.477. The Bertz CT molecular complexity index is 1090. The highest BCUT2D eigenvalue weighted by atomic mass is 19.4. The number of rotatable bonds is 8. The number of fused-ring (bicyclic) bond motifs is 3. The molecule has 1 unspecified atom stereocenters. The molecule has 2 aromatic carbocycles. The van der Waals surface area contributed by atoms with Crippen LogP contribution in [0.2, 0.25) is 0 Å². The van der Waals surface area contributed by atoms with Crippen LogP contribution < -0.4 is 5.73 Å². The van der Waals surface area contributed by atoms with Crippen molar-refractivity contribution >= 4 is 27.9 Å². The molecule has 0 amide bonds. The maximum absolute atomic E-state index is 14.0. The van der Waals surface area contributed by atoms with Crippen molar-refractivity contribution in [2.24, 2.45) is 11.7 Å². The van der Waals surface area contributed by atoms with Gasteiger partial charge in [0, 0.05) is 17.3 Å². The number of halogens is 3. The van der Waals surface area contributed by atoms with Crippen molar-refractivity contribution in [3.8, 4) is 0 Å². The number of ether oxygens (including phenoxy) is 1. The number of carbonyl (C=O) groups is 1. The molecule has 5 nitrogen and oxygen atoms in total. The van der Waals surface area contributed by atoms with Crippen molar-refractivity contribution in [3.63, 3.8) is 0 Å². The van der Waals surface area contributed by atoms with Gasteiger partial charge < -0.3 is 19.8 Å². The second-order valence-electron chi connectivity index (χ2n) is 8.85. The second kappa shape index (κ2) is 9.50. The normalized spacial score (nSPS) is 14.4. The average Bonchev–Trinajstić information content (AvgIpc) is 3.04. The molecule has 0 spiro atoms. The molecule has 3 aromatic rings. The molecule has 3 rings (SSSR count). The van der Waals surface area contributed by atoms with E-state index < -0.39 is 30.7 Å². The molecule has 1 aromatic heterocycles. The Morgan fingerprint density at radius 1 is 1.16 bits per heavy atom. The van der Waals surface area contributed by atoms with Gasteiger partial charge in [-0.1, -0.05) is 38.1 Å². The van der Waals surface area contributed by atoms with Crippen LogP contribution >= 0.6 is 0 Å². The molecule has 0 aliphatic heterocycles. The number of para-hydroxylation sites is 1. The van der Waals surface area contributed by atoms with E-state index >= 15 is 0 Å². The Hall–Kier alpha value is -2.58. The van der Waals surface area contributed by atoms with Crippen molar-refractivity contribution < 1.29 is 27.1 Å². The predicted molar refractivity (Wildman–Crippen MR) is 118 cm³/mol. The summed E-state index contributed by atoms with van der Waals surface area (Å²) in [4.78, 5) is 14.0. The molecule has 0 aliphatic rings. The molecule has 0 aliphatic carbocycles. The number of nitrogens with zero attached hydrogens (tertiary/aromatic N) is 1. The Morgan fingerprint density at radius 2 is 1.84 bits per heavy atom. The van der Waals surface area contributed by atoms with Gasteiger partial charge in [-0.25, -0.2) is 0 Å². The molecule has 1 heterocycles. The predicted octanol–water partition coefficient (Wildman–Crippen LogP) is 5.21. The lowest BCUT2D eigenvalue weighted by molar-refractivity contribution is -0.171. The fourth-order valence-electron chi connectivity index (χ4n) is 3.89. The number of hydrogen-bond acceptors (Lipinski definition) is 5. The number of esters is 1. The summed E-state index contributed by atoms with van der Waals surface area (Å²) < 4.78 is 52.9. The van der Waals surface area contributed by atoms with Crippen molar-refractivity contribution in [3.05, 3.63) is 47.5 Å². The van der Waals surface area contributed by atoms with E-state index in [1.165, 1.54) is 12.1 Å². The molecule has 0 fully saturated rings. The van der Waals surface area contributed by atoms with Gasteiger partial charge in [0.25, 0.3) is 0 Å². The first kappa shape index (κ1) is 24.1. The van der Waals surface area contributed by atoms with Gasteiger partial charge in [-0.2, -0.15) is 13.2 Å². The molecular weight excluding hydrogens is 421 g/mol. The fourth-order valence-corrected chi connectivity index (χ4v) is 3.89. The number of carbonyl (C=O) groups excluding carboxylic acids is 1. The third-order valence-corrected chi connectivity index (χ3v) is 5.29. The molecule has 0 saturated heterocycles. The van der Waals surface area contributed by atoms with E-state index in [0.717, 1.165) is 10.8 Å². The SMILES string of the molecule is CC(C)CC(N)C(=O)OC[C@H](c1cc(CN(C)C)c2c(c1)oc1ccccc12)C(F)(F)F. The topological polar surface area (TPSA) is 68.7 Å². The van der Waals surface area contributed by atoms with Crippen LogP contribution in [0.1, 0.15) is 37.3 Å². The standard InChI is InChI=1S/C24H29F3N2O3/c1-14(2)9-19(28)23(30)31-13-18(24(25,26)27)15-10-16(12-29(3)4)22-17-7-5-6-8-20(17)32-21(22)11-15/h5-8,10-11,14,18-19H,9,12-13,28H2,1-4H3/t18-,19?/m1/s1. The van der Waals surface area contributed by atoms with Gasteiger partial charge in [-0.15, -0.1) is 0 Å². The van der Waals surface area contributed by atoms with Gasteiger partial charge in [-0.05, 0) is 49.7 Å². The lowest BCUT2D eigenvalue weighted by atomic mass is 9.94. The van der Waals surface area contributed by atoms with Gasteiger partial charge in [0.05, 0.1) is 0 Å². The van der Waals surface area contributed by atoms with Crippen LogP contribution in [0.4, 0.5) is 13.2 Å². The molecule has 174 valence electrons. The second-order valence-corrected chi connectivity index (χ2v) is 8.85. The number of nitrogens with two attached hydrogens (primary N) is 1. The summed E-state index contributed by atoms with van der Waals surface area (Å²) in [6, 6.07) is 9.33. The van der Waals surface area contributed by atoms with Crippen LogP contribution in [0.15, 0.2) is 40.8 Å². The molecule has 2 N–H and O–H groups in total. The summed E-state index contributed by atoms with van der Waals surface area (Å²) in [6.07, 6.45) is -4.27. The summed E-state index contributed by atoms with van der Waals surface area (Å²) in [5.74, 6) is -2.69. The Balaban J connectivity index is 2.01. The van der Waals surface area contributed by atoms with E-state index in [1.807, 2.05) is 51.0 Å². The zero-order valence-corrected chi connectivity index (χ0v) is 18.7. The van der Waals surface area contributed by atoms with Gasteiger partial charge in [0.2, 0.25) is 0 Å². The van der Waals surface area contributed by atoms with E-state index in [9.17, 15) is 18.0 Å². The maximum Gasteiger partial charge on any atom is 0.399 e. The third-order valence-electron chi connectivity index (χ3n) is 5.29. The van der Waals surface area contributed by atoms with Gasteiger partial charge in [0.15, 0.2) is 0 Å². The summed E-state index contributed by atoms with van der Waals surface area (Å²) >= 11 is 0. The van der Waals surface area contributed by atoms with Crippen molar-refractivity contribution in [2.75, 3.05) is 20.7 Å². The van der Waals surface area contributed by atoms with E-state index in [2.05, 4.69) is 0 Å². The summed E-state index contributed by atoms with van der Waals surface area (Å²) in [5.41, 5.74) is 7.46. The van der Waals surface area contributed by atoms with Crippen LogP contribution in [-0.2, 0) is 16.1 Å². The van der Waals surface area contributed by atoms with Crippen molar-refractivity contribution in [2.45, 2.75) is 44.9 Å². The van der Waals surface area contributed by atoms with Crippen LogP contribution in [0, 0.1) is 5.92 Å². The minimum absolute atomic E-state index is 0.00821. The minimum Gasteiger partial charge on any atom is -0.464 e. The van der Waals surface area contributed by atoms with Gasteiger partial charge >= 0.3 is 12.1 Å². The van der Waals surface area contributed by atoms with Crippen LogP contribution in [0.25, 0.3) is 21.9 Å². The zero-order chi connectivity index (χ0) is 23.6. The average molecular weight is 451 g/mol. The molecule has 0 bridgehead atoms. The molecule has 32 heavy (non-hydrogen) atoms. The first-order chi connectivity index (χ1) is 15.0. The highest BCUT2D eigenvalue weighted by Crippen LogP contribution is 2.40. The largest absolute Gasteiger partial charge is 0.464 e. The third kappa shape index (κ3) is 5.42. The summed E-state index contributed by atoms with van der Waals surface area (Å²) in [5, 5.41) is 1.63. The highest BCUT2D eigenvalue weighted by Gasteiger charge is 2.42. The lowest BCUT2D eigenvalue weighted by Gasteiger charge is -2.23. The van der Waals surface area contributed by atoms with Gasteiger partial charge in [-0.3, -0.25) is 4.79 Å².